The smallest absolute Gasteiger partial charge is 0.00300 e. The monoisotopic (exact) mass is 190 g/mol. The molecule has 1 heterocycles. The fourth-order valence-electron chi connectivity index (χ4n) is 3.89. The second-order valence-electron chi connectivity index (χ2n) is 4.94. The molecule has 0 spiro atoms. The van der Waals surface area contributed by atoms with Crippen molar-refractivity contribution in [1.82, 2.24) is 0 Å². The predicted molar refractivity (Wildman–Crippen MR) is 56.5 cm³/mol. The molecule has 0 aromatic heterocycles. The SMILES string of the molecule is C1=CC2C1C1C=CC2C2CSCC12. The summed E-state index contributed by atoms with van der Waals surface area (Å²) < 4.78 is 0. The Morgan fingerprint density at radius 2 is 1.15 bits per heavy atom. The maximum Gasteiger partial charge on any atom is -0.00300 e. The third-order valence-electron chi connectivity index (χ3n) is 4.60. The van der Waals surface area contributed by atoms with Crippen molar-refractivity contribution in [2.75, 3.05) is 11.5 Å². The fraction of sp³-hybridized carbons (Fsp3) is 0.667. The average Bonchev–Trinajstić information content (AvgIpc) is 2.53. The van der Waals surface area contributed by atoms with Gasteiger partial charge in [-0.05, 0) is 47.0 Å². The molecular formula is C12H14S. The van der Waals surface area contributed by atoms with Gasteiger partial charge in [0.1, 0.15) is 0 Å². The lowest BCUT2D eigenvalue weighted by molar-refractivity contribution is 0.0672. The summed E-state index contributed by atoms with van der Waals surface area (Å²) in [6, 6.07) is 0. The summed E-state index contributed by atoms with van der Waals surface area (Å²) >= 11 is 2.19. The number of hydrogen-bond acceptors (Lipinski definition) is 1. The summed E-state index contributed by atoms with van der Waals surface area (Å²) in [5.41, 5.74) is 0. The average molecular weight is 190 g/mol. The van der Waals surface area contributed by atoms with E-state index in [1.54, 1.807) is 0 Å². The number of rotatable bonds is 0. The Kier molecular flexibility index (Phi) is 1.24. The molecule has 5 aliphatic rings. The van der Waals surface area contributed by atoms with Crippen LogP contribution in [0, 0.1) is 35.5 Å². The first-order valence-corrected chi connectivity index (χ1v) is 6.55. The summed E-state index contributed by atoms with van der Waals surface area (Å²) in [7, 11) is 0. The molecule has 1 heteroatoms. The molecule has 1 saturated heterocycles. The Bertz CT molecular complexity index is 276. The van der Waals surface area contributed by atoms with Crippen LogP contribution in [0.25, 0.3) is 0 Å². The van der Waals surface area contributed by atoms with Crippen molar-refractivity contribution >= 4 is 11.8 Å². The van der Waals surface area contributed by atoms with Crippen molar-refractivity contribution in [3.05, 3.63) is 24.3 Å². The highest BCUT2D eigenvalue weighted by Crippen LogP contribution is 2.59. The molecule has 6 atom stereocenters. The molecule has 13 heavy (non-hydrogen) atoms. The zero-order valence-corrected chi connectivity index (χ0v) is 8.41. The van der Waals surface area contributed by atoms with E-state index in [1.807, 2.05) is 0 Å². The standard InChI is InChI=1S/C12H14S/c1-2-8-7(1)9-3-4-10(8)12-6-13-5-11(9)12/h1-4,7-12H,5-6H2. The normalized spacial score (nSPS) is 60.3. The lowest BCUT2D eigenvalue weighted by Crippen LogP contribution is -2.49. The predicted octanol–water partition coefficient (Wildman–Crippen LogP) is 2.58. The van der Waals surface area contributed by atoms with Crippen LogP contribution in [0.2, 0.25) is 0 Å². The first-order chi connectivity index (χ1) is 6.45. The van der Waals surface area contributed by atoms with E-state index in [-0.39, 0.29) is 0 Å². The number of hydrogen-bond donors (Lipinski definition) is 0. The summed E-state index contributed by atoms with van der Waals surface area (Å²) in [4.78, 5) is 0. The lowest BCUT2D eigenvalue weighted by atomic mass is 9.50. The van der Waals surface area contributed by atoms with Crippen molar-refractivity contribution in [1.29, 1.82) is 0 Å². The maximum atomic E-state index is 2.53. The molecule has 0 amide bonds. The Morgan fingerprint density at radius 3 is 1.62 bits per heavy atom. The van der Waals surface area contributed by atoms with Crippen LogP contribution < -0.4 is 0 Å². The minimum Gasteiger partial charge on any atom is -0.161 e. The Morgan fingerprint density at radius 1 is 0.692 bits per heavy atom. The molecule has 68 valence electrons. The van der Waals surface area contributed by atoms with Gasteiger partial charge in [0.05, 0.1) is 0 Å². The van der Waals surface area contributed by atoms with Gasteiger partial charge in [-0.25, -0.2) is 0 Å². The van der Waals surface area contributed by atoms with Gasteiger partial charge in [-0.1, -0.05) is 24.3 Å². The zero-order chi connectivity index (χ0) is 8.41. The summed E-state index contributed by atoms with van der Waals surface area (Å²) in [5.74, 6) is 8.66. The van der Waals surface area contributed by atoms with Crippen LogP contribution in [0.15, 0.2) is 24.3 Å². The topological polar surface area (TPSA) is 0 Å². The van der Waals surface area contributed by atoms with Crippen molar-refractivity contribution in [3.8, 4) is 0 Å². The fourth-order valence-corrected chi connectivity index (χ4v) is 5.51. The third-order valence-corrected chi connectivity index (χ3v) is 5.84. The molecule has 5 rings (SSSR count). The molecule has 1 saturated carbocycles. The second-order valence-corrected chi connectivity index (χ2v) is 6.02. The maximum absolute atomic E-state index is 2.53. The van der Waals surface area contributed by atoms with Crippen molar-refractivity contribution in [2.45, 2.75) is 0 Å². The van der Waals surface area contributed by atoms with Gasteiger partial charge in [0.25, 0.3) is 0 Å². The van der Waals surface area contributed by atoms with Crippen molar-refractivity contribution < 1.29 is 0 Å². The van der Waals surface area contributed by atoms with E-state index in [0.717, 1.165) is 35.5 Å². The minimum atomic E-state index is 0.917. The lowest BCUT2D eigenvalue weighted by Gasteiger charge is -2.53. The molecule has 0 N–H and O–H groups in total. The van der Waals surface area contributed by atoms with Crippen LogP contribution in [0.5, 0.6) is 0 Å². The van der Waals surface area contributed by atoms with Crippen molar-refractivity contribution in [3.63, 3.8) is 0 Å². The van der Waals surface area contributed by atoms with Crippen molar-refractivity contribution in [2.24, 2.45) is 35.5 Å². The Balaban J connectivity index is 1.83. The highest BCUT2D eigenvalue weighted by atomic mass is 32.2. The highest BCUT2D eigenvalue weighted by Gasteiger charge is 2.53. The number of thioether (sulfide) groups is 1. The second kappa shape index (κ2) is 2.25. The van der Waals surface area contributed by atoms with Crippen LogP contribution in [-0.4, -0.2) is 11.5 Å². The molecule has 2 bridgehead atoms. The van der Waals surface area contributed by atoms with Gasteiger partial charge in [0.2, 0.25) is 0 Å². The van der Waals surface area contributed by atoms with E-state index in [0.29, 0.717) is 0 Å². The van der Waals surface area contributed by atoms with Gasteiger partial charge in [0, 0.05) is 0 Å². The van der Waals surface area contributed by atoms with Crippen LogP contribution in [0.1, 0.15) is 0 Å². The van der Waals surface area contributed by atoms with Gasteiger partial charge in [0.15, 0.2) is 0 Å². The molecule has 2 fully saturated rings. The van der Waals surface area contributed by atoms with Gasteiger partial charge < -0.3 is 0 Å². The van der Waals surface area contributed by atoms with E-state index in [1.165, 1.54) is 11.5 Å². The summed E-state index contributed by atoms with van der Waals surface area (Å²) in [6.07, 6.45) is 9.99. The van der Waals surface area contributed by atoms with E-state index < -0.39 is 0 Å². The van der Waals surface area contributed by atoms with E-state index in [9.17, 15) is 0 Å². The highest BCUT2D eigenvalue weighted by molar-refractivity contribution is 7.99. The largest absolute Gasteiger partial charge is 0.161 e. The van der Waals surface area contributed by atoms with Gasteiger partial charge in [-0.15, -0.1) is 0 Å². The molecule has 0 radical (unpaired) electrons. The molecule has 0 nitrogen and oxygen atoms in total. The van der Waals surface area contributed by atoms with Gasteiger partial charge in [-0.3, -0.25) is 0 Å². The zero-order valence-electron chi connectivity index (χ0n) is 7.60. The van der Waals surface area contributed by atoms with Crippen LogP contribution in [0.4, 0.5) is 0 Å². The van der Waals surface area contributed by atoms with E-state index in [4.69, 9.17) is 0 Å². The van der Waals surface area contributed by atoms with Crippen LogP contribution >= 0.6 is 11.8 Å². The first-order valence-electron chi connectivity index (χ1n) is 5.39. The minimum absolute atomic E-state index is 0.917. The van der Waals surface area contributed by atoms with Gasteiger partial charge in [-0.2, -0.15) is 11.8 Å². The Labute approximate surface area is 83.5 Å². The molecule has 1 aliphatic heterocycles. The van der Waals surface area contributed by atoms with Gasteiger partial charge >= 0.3 is 0 Å². The molecule has 4 aliphatic carbocycles. The van der Waals surface area contributed by atoms with Crippen LogP contribution in [0.3, 0.4) is 0 Å². The molecule has 0 aromatic carbocycles. The molecular weight excluding hydrogens is 176 g/mol. The van der Waals surface area contributed by atoms with E-state index >= 15 is 0 Å². The third kappa shape index (κ3) is 0.721. The number of allylic oxidation sites excluding steroid dienone is 4. The van der Waals surface area contributed by atoms with Crippen LogP contribution in [-0.2, 0) is 0 Å². The van der Waals surface area contributed by atoms with E-state index in [2.05, 4.69) is 36.1 Å². The first kappa shape index (κ1) is 7.17. The molecule has 0 aromatic rings. The summed E-state index contributed by atoms with van der Waals surface area (Å²) in [5, 5.41) is 0. The summed E-state index contributed by atoms with van der Waals surface area (Å²) in [6.45, 7) is 0. The molecule has 6 unspecified atom stereocenters. The quantitative estimate of drug-likeness (QED) is 0.529. The Hall–Kier alpha value is -0.170.